The topological polar surface area (TPSA) is 55.4 Å². The Morgan fingerprint density at radius 2 is 2.17 bits per heavy atom. The largest absolute Gasteiger partial charge is 0.294 e. The molecule has 130 valence electrons. The highest BCUT2D eigenvalue weighted by atomic mass is 32.2. The highest BCUT2D eigenvalue weighted by molar-refractivity contribution is 7.99. The Bertz CT molecular complexity index is 473. The van der Waals surface area contributed by atoms with Crippen molar-refractivity contribution in [3.05, 3.63) is 23.9 Å². The zero-order valence-electron chi connectivity index (χ0n) is 14.7. The van der Waals surface area contributed by atoms with Gasteiger partial charge in [0.25, 0.3) is 0 Å². The average Bonchev–Trinajstić information content (AvgIpc) is 2.51. The van der Waals surface area contributed by atoms with Gasteiger partial charge in [0.15, 0.2) is 11.6 Å². The number of ketones is 2. The molecule has 1 aliphatic rings. The van der Waals surface area contributed by atoms with E-state index < -0.39 is 0 Å². The second-order valence-corrected chi connectivity index (χ2v) is 7.67. The molecule has 1 fully saturated rings. The first kappa shape index (κ1) is 20.0. The van der Waals surface area contributed by atoms with Gasteiger partial charge in [-0.25, -0.2) is 0 Å². The number of allylic oxidation sites excluding steroid dienone is 2. The molecule has 0 saturated heterocycles. The van der Waals surface area contributed by atoms with Gasteiger partial charge >= 0.3 is 0 Å². The Morgan fingerprint density at radius 3 is 2.74 bits per heavy atom. The molecular formula is C18H29NO3S. The lowest BCUT2D eigenvalue weighted by Gasteiger charge is -2.31. The smallest absolute Gasteiger partial charge is 0.171 e. The maximum absolute atomic E-state index is 12.7. The zero-order chi connectivity index (χ0) is 17.4. The molecule has 1 rings (SSSR count). The van der Waals surface area contributed by atoms with Crippen LogP contribution in [0.1, 0.15) is 47.0 Å². The van der Waals surface area contributed by atoms with Crippen molar-refractivity contribution < 1.29 is 14.4 Å². The standard InChI is InChI=1S/C18H29NO3S/c1-6-9-22-19-15(7-2)17-16(20)11-14(13(5)18(17)21)10-12(4)23-8-3/h6,12-14,19H,1,7-11H2,2-5H3. The van der Waals surface area contributed by atoms with Crippen molar-refractivity contribution in [2.75, 3.05) is 12.4 Å². The average molecular weight is 340 g/mol. The molecule has 1 N–H and O–H groups in total. The molecule has 3 atom stereocenters. The quantitative estimate of drug-likeness (QED) is 0.228. The van der Waals surface area contributed by atoms with Crippen molar-refractivity contribution in [1.82, 2.24) is 5.48 Å². The van der Waals surface area contributed by atoms with E-state index in [2.05, 4.69) is 25.9 Å². The van der Waals surface area contributed by atoms with Crippen LogP contribution in [0, 0.1) is 11.8 Å². The number of carbonyl (C=O) groups excluding carboxylic acids is 2. The Balaban J connectivity index is 2.88. The van der Waals surface area contributed by atoms with Crippen LogP contribution in [0.3, 0.4) is 0 Å². The number of hydroxylamine groups is 1. The lowest BCUT2D eigenvalue weighted by atomic mass is 9.73. The van der Waals surface area contributed by atoms with E-state index in [9.17, 15) is 9.59 Å². The number of carbonyl (C=O) groups is 2. The molecule has 1 saturated carbocycles. The first-order valence-electron chi connectivity index (χ1n) is 8.36. The SMILES string of the molecule is C=CCONC(CC)=C1C(=O)CC(CC(C)SCC)C(C)C1=O. The summed E-state index contributed by atoms with van der Waals surface area (Å²) in [7, 11) is 0. The van der Waals surface area contributed by atoms with Crippen LogP contribution in [0.4, 0.5) is 0 Å². The second-order valence-electron chi connectivity index (χ2n) is 5.95. The van der Waals surface area contributed by atoms with E-state index in [4.69, 9.17) is 4.84 Å². The number of hydrogen-bond acceptors (Lipinski definition) is 5. The molecule has 0 amide bonds. The molecule has 23 heavy (non-hydrogen) atoms. The van der Waals surface area contributed by atoms with Crippen molar-refractivity contribution in [3.63, 3.8) is 0 Å². The van der Waals surface area contributed by atoms with E-state index in [0.717, 1.165) is 12.2 Å². The monoisotopic (exact) mass is 339 g/mol. The molecule has 0 bridgehead atoms. The summed E-state index contributed by atoms with van der Waals surface area (Å²) in [5.41, 5.74) is 3.65. The molecule has 0 aromatic carbocycles. The van der Waals surface area contributed by atoms with E-state index in [1.807, 2.05) is 25.6 Å². The van der Waals surface area contributed by atoms with E-state index in [1.54, 1.807) is 6.08 Å². The minimum Gasteiger partial charge on any atom is -0.294 e. The third-order valence-electron chi connectivity index (χ3n) is 4.23. The summed E-state index contributed by atoms with van der Waals surface area (Å²) in [6, 6.07) is 0. The van der Waals surface area contributed by atoms with Crippen molar-refractivity contribution in [2.24, 2.45) is 11.8 Å². The molecule has 0 aromatic rings. The van der Waals surface area contributed by atoms with Crippen LogP contribution in [0.15, 0.2) is 23.9 Å². The number of hydrogen-bond donors (Lipinski definition) is 1. The minimum atomic E-state index is -0.120. The molecule has 0 heterocycles. The molecule has 0 aliphatic heterocycles. The lowest BCUT2D eigenvalue weighted by Crippen LogP contribution is -2.37. The number of nitrogens with one attached hydrogen (secondary N) is 1. The summed E-state index contributed by atoms with van der Waals surface area (Å²) in [6.07, 6.45) is 3.53. The third-order valence-corrected chi connectivity index (χ3v) is 5.33. The summed E-state index contributed by atoms with van der Waals surface area (Å²) in [4.78, 5) is 30.5. The number of rotatable bonds is 9. The summed E-state index contributed by atoms with van der Waals surface area (Å²) < 4.78 is 0. The van der Waals surface area contributed by atoms with Crippen LogP contribution in [0.5, 0.6) is 0 Å². The summed E-state index contributed by atoms with van der Waals surface area (Å²) in [5, 5.41) is 0.471. The van der Waals surface area contributed by atoms with Crippen LogP contribution < -0.4 is 5.48 Å². The Kier molecular flexibility index (Phi) is 8.63. The molecule has 5 heteroatoms. The van der Waals surface area contributed by atoms with Crippen molar-refractivity contribution >= 4 is 23.3 Å². The third kappa shape index (κ3) is 5.50. The Hall–Kier alpha value is -1.07. The van der Waals surface area contributed by atoms with Gasteiger partial charge in [-0.1, -0.05) is 33.8 Å². The highest BCUT2D eigenvalue weighted by Crippen LogP contribution is 2.35. The molecular weight excluding hydrogens is 310 g/mol. The van der Waals surface area contributed by atoms with E-state index in [0.29, 0.717) is 36.0 Å². The van der Waals surface area contributed by atoms with Crippen LogP contribution >= 0.6 is 11.8 Å². The first-order chi connectivity index (χ1) is 11.0. The zero-order valence-corrected chi connectivity index (χ0v) is 15.5. The van der Waals surface area contributed by atoms with Crippen molar-refractivity contribution in [1.29, 1.82) is 0 Å². The van der Waals surface area contributed by atoms with E-state index >= 15 is 0 Å². The fourth-order valence-corrected chi connectivity index (χ4v) is 3.92. The summed E-state index contributed by atoms with van der Waals surface area (Å²) in [6.45, 7) is 12.0. The van der Waals surface area contributed by atoms with E-state index in [1.165, 1.54) is 0 Å². The Labute approximate surface area is 144 Å². The molecule has 0 spiro atoms. The molecule has 0 radical (unpaired) electrons. The van der Waals surface area contributed by atoms with Crippen molar-refractivity contribution in [2.45, 2.75) is 52.2 Å². The molecule has 1 aliphatic carbocycles. The molecule has 3 unspecified atom stereocenters. The predicted molar refractivity (Wildman–Crippen MR) is 96.1 cm³/mol. The van der Waals surface area contributed by atoms with Crippen molar-refractivity contribution in [3.8, 4) is 0 Å². The fraction of sp³-hybridized carbons (Fsp3) is 0.667. The number of thioether (sulfide) groups is 1. The second kappa shape index (κ2) is 9.93. The minimum absolute atomic E-state index is 0.0495. The lowest BCUT2D eigenvalue weighted by molar-refractivity contribution is -0.129. The number of Topliss-reactive ketones (excluding diaryl/α,β-unsaturated/α-hetero) is 2. The van der Waals surface area contributed by atoms with Crippen LogP contribution in [0.25, 0.3) is 0 Å². The fourth-order valence-electron chi connectivity index (χ4n) is 2.97. The van der Waals surface area contributed by atoms with Gasteiger partial charge in [-0.15, -0.1) is 6.58 Å². The molecule has 0 aromatic heterocycles. The summed E-state index contributed by atoms with van der Waals surface area (Å²) >= 11 is 1.88. The van der Waals surface area contributed by atoms with Gasteiger partial charge in [0.1, 0.15) is 0 Å². The van der Waals surface area contributed by atoms with Gasteiger partial charge in [-0.3, -0.25) is 19.9 Å². The Morgan fingerprint density at radius 1 is 1.48 bits per heavy atom. The van der Waals surface area contributed by atoms with Crippen LogP contribution in [0.2, 0.25) is 0 Å². The van der Waals surface area contributed by atoms with Crippen LogP contribution in [-0.2, 0) is 14.4 Å². The van der Waals surface area contributed by atoms with Crippen LogP contribution in [-0.4, -0.2) is 29.2 Å². The maximum Gasteiger partial charge on any atom is 0.171 e. The van der Waals surface area contributed by atoms with Gasteiger partial charge in [0.05, 0.1) is 17.9 Å². The van der Waals surface area contributed by atoms with E-state index in [-0.39, 0.29) is 23.4 Å². The van der Waals surface area contributed by atoms with Gasteiger partial charge < -0.3 is 0 Å². The van der Waals surface area contributed by atoms with Gasteiger partial charge in [-0.05, 0) is 24.5 Å². The van der Waals surface area contributed by atoms with Gasteiger partial charge in [-0.2, -0.15) is 11.8 Å². The van der Waals surface area contributed by atoms with Gasteiger partial charge in [0, 0.05) is 17.6 Å². The first-order valence-corrected chi connectivity index (χ1v) is 9.41. The molecule has 4 nitrogen and oxygen atoms in total. The summed E-state index contributed by atoms with van der Waals surface area (Å²) in [5.74, 6) is 0.968. The maximum atomic E-state index is 12.7. The predicted octanol–water partition coefficient (Wildman–Crippen LogP) is 3.68. The normalized spacial score (nSPS) is 25.2. The van der Waals surface area contributed by atoms with Gasteiger partial charge in [0.2, 0.25) is 0 Å². The highest BCUT2D eigenvalue weighted by Gasteiger charge is 2.38.